The van der Waals surface area contributed by atoms with Crippen LogP contribution in [0.4, 0.5) is 0 Å². The lowest BCUT2D eigenvalue weighted by Gasteiger charge is -2.31. The fourth-order valence-electron chi connectivity index (χ4n) is 2.25. The number of hydrogen-bond acceptors (Lipinski definition) is 6. The highest BCUT2D eigenvalue weighted by Gasteiger charge is 2.26. The first-order valence-corrected chi connectivity index (χ1v) is 6.82. The van der Waals surface area contributed by atoms with Crippen molar-refractivity contribution < 1.29 is 9.53 Å². The lowest BCUT2D eigenvalue weighted by Crippen LogP contribution is -2.42. The van der Waals surface area contributed by atoms with Crippen LogP contribution in [0.25, 0.3) is 0 Å². The average Bonchev–Trinajstić information content (AvgIpc) is 2.57. The number of rotatable bonds is 3. The van der Waals surface area contributed by atoms with Gasteiger partial charge in [0.2, 0.25) is 11.7 Å². The van der Waals surface area contributed by atoms with E-state index in [0.29, 0.717) is 19.0 Å². The van der Waals surface area contributed by atoms with Gasteiger partial charge in [-0.15, -0.1) is 0 Å². The molecule has 0 atom stereocenters. The minimum Gasteiger partial charge on any atom is -0.474 e. The minimum atomic E-state index is -0.129. The fraction of sp³-hybridized carbons (Fsp3) is 0.357. The molecule has 3 rings (SSSR count). The van der Waals surface area contributed by atoms with Crippen LogP contribution < -0.4 is 4.74 Å². The highest BCUT2D eigenvalue weighted by molar-refractivity contribution is 5.90. The molecule has 0 N–H and O–H groups in total. The second-order valence-electron chi connectivity index (χ2n) is 4.73. The van der Waals surface area contributed by atoms with E-state index in [1.54, 1.807) is 35.6 Å². The molecule has 0 bridgehead atoms. The zero-order chi connectivity index (χ0) is 14.5. The van der Waals surface area contributed by atoms with Crippen molar-refractivity contribution in [3.63, 3.8) is 0 Å². The number of piperidine rings is 1. The first kappa shape index (κ1) is 13.4. The summed E-state index contributed by atoms with van der Waals surface area (Å²) in [6.07, 6.45) is 7.86. The molecule has 2 aromatic rings. The molecule has 1 saturated heterocycles. The van der Waals surface area contributed by atoms with Gasteiger partial charge in [-0.05, 0) is 6.07 Å². The Kier molecular flexibility index (Phi) is 3.99. The quantitative estimate of drug-likeness (QED) is 0.835. The molecule has 7 heteroatoms. The van der Waals surface area contributed by atoms with Gasteiger partial charge in [0.1, 0.15) is 12.4 Å². The van der Waals surface area contributed by atoms with Crippen molar-refractivity contribution in [2.45, 2.75) is 18.9 Å². The lowest BCUT2D eigenvalue weighted by atomic mass is 10.1. The maximum absolute atomic E-state index is 12.2. The van der Waals surface area contributed by atoms with E-state index in [9.17, 15) is 4.79 Å². The third kappa shape index (κ3) is 3.31. The molecule has 0 spiro atoms. The maximum Gasteiger partial charge on any atom is 0.291 e. The van der Waals surface area contributed by atoms with Crippen molar-refractivity contribution in [1.82, 2.24) is 24.8 Å². The summed E-state index contributed by atoms with van der Waals surface area (Å²) in [5.41, 5.74) is 0. The summed E-state index contributed by atoms with van der Waals surface area (Å²) in [4.78, 5) is 29.8. The van der Waals surface area contributed by atoms with E-state index in [4.69, 9.17) is 4.74 Å². The van der Waals surface area contributed by atoms with Crippen LogP contribution in [-0.4, -0.2) is 49.9 Å². The second kappa shape index (κ2) is 6.25. The predicted molar refractivity (Wildman–Crippen MR) is 73.6 cm³/mol. The molecule has 1 aliphatic heterocycles. The van der Waals surface area contributed by atoms with Gasteiger partial charge in [0.25, 0.3) is 5.91 Å². The molecule has 21 heavy (non-hydrogen) atoms. The predicted octanol–water partition coefficient (Wildman–Crippen LogP) is 0.950. The topological polar surface area (TPSA) is 81.1 Å². The largest absolute Gasteiger partial charge is 0.474 e. The molecule has 2 aromatic heterocycles. The summed E-state index contributed by atoms with van der Waals surface area (Å²) in [5, 5.41) is 0. The van der Waals surface area contributed by atoms with E-state index in [0.717, 1.165) is 12.8 Å². The molecule has 0 radical (unpaired) electrons. The third-order valence-corrected chi connectivity index (χ3v) is 3.33. The second-order valence-corrected chi connectivity index (χ2v) is 4.73. The van der Waals surface area contributed by atoms with Crippen molar-refractivity contribution >= 4 is 5.91 Å². The molecule has 1 aliphatic rings. The van der Waals surface area contributed by atoms with Crippen LogP contribution in [0.5, 0.6) is 5.88 Å². The number of hydrogen-bond donors (Lipinski definition) is 0. The van der Waals surface area contributed by atoms with Crippen LogP contribution in [0.15, 0.2) is 37.1 Å². The smallest absolute Gasteiger partial charge is 0.291 e. The van der Waals surface area contributed by atoms with Gasteiger partial charge in [-0.3, -0.25) is 4.79 Å². The van der Waals surface area contributed by atoms with Gasteiger partial charge >= 0.3 is 0 Å². The van der Waals surface area contributed by atoms with E-state index >= 15 is 0 Å². The highest BCUT2D eigenvalue weighted by Crippen LogP contribution is 2.17. The van der Waals surface area contributed by atoms with E-state index in [2.05, 4.69) is 19.9 Å². The monoisotopic (exact) mass is 285 g/mol. The van der Waals surface area contributed by atoms with E-state index in [1.165, 1.54) is 6.33 Å². The molecule has 1 amide bonds. The van der Waals surface area contributed by atoms with Gasteiger partial charge in [-0.2, -0.15) is 0 Å². The van der Waals surface area contributed by atoms with Gasteiger partial charge < -0.3 is 9.64 Å². The third-order valence-electron chi connectivity index (χ3n) is 3.33. The Morgan fingerprint density at radius 2 is 1.90 bits per heavy atom. The number of amides is 1. The molecule has 0 aliphatic carbocycles. The first-order valence-electron chi connectivity index (χ1n) is 6.82. The summed E-state index contributed by atoms with van der Waals surface area (Å²) in [6, 6.07) is 3.42. The SMILES string of the molecule is O=C(c1ncccn1)N1CCC(Oc2ccncn2)CC1. The molecular formula is C14H15N5O2. The summed E-state index contributed by atoms with van der Waals surface area (Å²) in [7, 11) is 0. The molecule has 7 nitrogen and oxygen atoms in total. The van der Waals surface area contributed by atoms with Crippen molar-refractivity contribution in [3.05, 3.63) is 42.9 Å². The van der Waals surface area contributed by atoms with Crippen LogP contribution in [0.2, 0.25) is 0 Å². The number of aromatic nitrogens is 4. The van der Waals surface area contributed by atoms with Crippen LogP contribution in [-0.2, 0) is 0 Å². The van der Waals surface area contributed by atoms with Gasteiger partial charge in [-0.25, -0.2) is 19.9 Å². The molecule has 0 unspecified atom stereocenters. The Bertz CT molecular complexity index is 585. The van der Waals surface area contributed by atoms with Gasteiger partial charge in [0.05, 0.1) is 0 Å². The molecule has 1 fully saturated rings. The van der Waals surface area contributed by atoms with Gasteiger partial charge in [0.15, 0.2) is 0 Å². The highest BCUT2D eigenvalue weighted by atomic mass is 16.5. The first-order chi connectivity index (χ1) is 10.3. The Hall–Kier alpha value is -2.57. The molecule has 3 heterocycles. The Labute approximate surface area is 122 Å². The van der Waals surface area contributed by atoms with Crippen molar-refractivity contribution in [2.75, 3.05) is 13.1 Å². The zero-order valence-corrected chi connectivity index (χ0v) is 11.4. The molecule has 108 valence electrons. The summed E-state index contributed by atoms with van der Waals surface area (Å²) < 4.78 is 5.77. The summed E-state index contributed by atoms with van der Waals surface area (Å²) in [5.74, 6) is 0.685. The maximum atomic E-state index is 12.2. The minimum absolute atomic E-state index is 0.0700. The number of likely N-dealkylation sites (tertiary alicyclic amines) is 1. The number of ether oxygens (including phenoxy) is 1. The lowest BCUT2D eigenvalue weighted by molar-refractivity contribution is 0.0576. The average molecular weight is 285 g/mol. The summed E-state index contributed by atoms with van der Waals surface area (Å²) >= 11 is 0. The standard InChI is InChI=1S/C14H15N5O2/c20-14(13-16-5-1-6-17-13)19-8-3-11(4-9-19)21-12-2-7-15-10-18-12/h1-2,5-7,10-11H,3-4,8-9H2. The van der Waals surface area contributed by atoms with Crippen LogP contribution in [0, 0.1) is 0 Å². The van der Waals surface area contributed by atoms with Crippen LogP contribution in [0.1, 0.15) is 23.5 Å². The Morgan fingerprint density at radius 1 is 1.14 bits per heavy atom. The molecule has 0 aromatic carbocycles. The number of carbonyl (C=O) groups excluding carboxylic acids is 1. The summed E-state index contributed by atoms with van der Waals surface area (Å²) in [6.45, 7) is 1.26. The fourth-order valence-corrected chi connectivity index (χ4v) is 2.25. The molecular weight excluding hydrogens is 270 g/mol. The Morgan fingerprint density at radius 3 is 2.57 bits per heavy atom. The van der Waals surface area contributed by atoms with Gasteiger partial charge in [-0.1, -0.05) is 0 Å². The molecule has 0 saturated carbocycles. The van der Waals surface area contributed by atoms with Crippen molar-refractivity contribution in [1.29, 1.82) is 0 Å². The van der Waals surface area contributed by atoms with Gasteiger partial charge in [0, 0.05) is 50.6 Å². The van der Waals surface area contributed by atoms with E-state index in [-0.39, 0.29) is 17.8 Å². The zero-order valence-electron chi connectivity index (χ0n) is 11.4. The Balaban J connectivity index is 1.54. The normalized spacial score (nSPS) is 15.7. The van der Waals surface area contributed by atoms with E-state index < -0.39 is 0 Å². The number of carbonyl (C=O) groups is 1. The van der Waals surface area contributed by atoms with Crippen LogP contribution >= 0.6 is 0 Å². The van der Waals surface area contributed by atoms with Crippen LogP contribution in [0.3, 0.4) is 0 Å². The number of nitrogens with zero attached hydrogens (tertiary/aromatic N) is 5. The van der Waals surface area contributed by atoms with Crippen molar-refractivity contribution in [2.24, 2.45) is 0 Å². The van der Waals surface area contributed by atoms with E-state index in [1.807, 2.05) is 0 Å². The van der Waals surface area contributed by atoms with Crippen molar-refractivity contribution in [3.8, 4) is 5.88 Å².